The third-order valence-electron chi connectivity index (χ3n) is 3.58. The molecule has 0 atom stereocenters. The highest BCUT2D eigenvalue weighted by Gasteiger charge is 2.25. The fourth-order valence-electron chi connectivity index (χ4n) is 2.53. The largest absolute Gasteiger partial charge is 0.492 e. The van der Waals surface area contributed by atoms with Crippen LogP contribution in [0.2, 0.25) is 0 Å². The van der Waals surface area contributed by atoms with Crippen LogP contribution in [0.4, 0.5) is 0 Å². The van der Waals surface area contributed by atoms with Gasteiger partial charge in [-0.15, -0.1) is 0 Å². The molecule has 1 aromatic carbocycles. The van der Waals surface area contributed by atoms with Crippen LogP contribution in [0.15, 0.2) is 27.6 Å². The number of hydrogen-bond donors (Lipinski definition) is 1. The molecule has 118 valence electrons. The summed E-state index contributed by atoms with van der Waals surface area (Å²) in [7, 11) is -3.55. The molecule has 2 rings (SSSR count). The van der Waals surface area contributed by atoms with Crippen LogP contribution in [0.3, 0.4) is 0 Å². The summed E-state index contributed by atoms with van der Waals surface area (Å²) in [4.78, 5) is 0.218. The topological polar surface area (TPSA) is 55.4 Å². The molecule has 1 N–H and O–H groups in total. The molecule has 0 heterocycles. The molecule has 4 nitrogen and oxygen atoms in total. The number of nitrogens with one attached hydrogen (secondary N) is 1. The van der Waals surface area contributed by atoms with Crippen LogP contribution in [0.1, 0.15) is 45.4 Å². The van der Waals surface area contributed by atoms with E-state index in [1.54, 1.807) is 18.2 Å². The predicted molar refractivity (Wildman–Crippen MR) is 87.1 cm³/mol. The normalized spacial score (nSPS) is 16.9. The second-order valence-electron chi connectivity index (χ2n) is 5.40. The average Bonchev–Trinajstić information content (AvgIpc) is 2.46. The number of hydrogen-bond acceptors (Lipinski definition) is 3. The van der Waals surface area contributed by atoms with Gasteiger partial charge in [-0.1, -0.05) is 42.1 Å². The lowest BCUT2D eigenvalue weighted by atomic mass is 9.96. The first-order chi connectivity index (χ1) is 10.0. The number of ether oxygens (including phenoxy) is 1. The van der Waals surface area contributed by atoms with Crippen molar-refractivity contribution in [1.29, 1.82) is 0 Å². The van der Waals surface area contributed by atoms with Crippen LogP contribution in [0.25, 0.3) is 0 Å². The van der Waals surface area contributed by atoms with Gasteiger partial charge in [-0.05, 0) is 37.5 Å². The van der Waals surface area contributed by atoms with E-state index >= 15 is 0 Å². The molecule has 21 heavy (non-hydrogen) atoms. The van der Waals surface area contributed by atoms with Crippen molar-refractivity contribution < 1.29 is 13.2 Å². The third kappa shape index (κ3) is 4.69. The van der Waals surface area contributed by atoms with Gasteiger partial charge in [-0.2, -0.15) is 0 Å². The fraction of sp³-hybridized carbons (Fsp3) is 0.600. The number of benzene rings is 1. The molecule has 1 aliphatic carbocycles. The summed E-state index contributed by atoms with van der Waals surface area (Å²) in [6.45, 7) is 2.50. The molecule has 1 fully saturated rings. The van der Waals surface area contributed by atoms with E-state index in [1.165, 1.54) is 6.42 Å². The molecule has 0 aromatic heterocycles. The van der Waals surface area contributed by atoms with Gasteiger partial charge in [0.15, 0.2) is 0 Å². The van der Waals surface area contributed by atoms with Crippen molar-refractivity contribution in [2.45, 2.75) is 56.4 Å². The minimum absolute atomic E-state index is 0.0433. The van der Waals surface area contributed by atoms with E-state index in [0.29, 0.717) is 12.4 Å². The van der Waals surface area contributed by atoms with Crippen LogP contribution in [-0.2, 0) is 10.0 Å². The van der Waals surface area contributed by atoms with Crippen molar-refractivity contribution in [2.75, 3.05) is 6.61 Å². The minimum atomic E-state index is -3.55. The highest BCUT2D eigenvalue weighted by Crippen LogP contribution is 2.29. The van der Waals surface area contributed by atoms with Crippen molar-refractivity contribution in [3.63, 3.8) is 0 Å². The number of halogens is 1. The standard InChI is InChI=1S/C15H22BrNO3S/c1-2-10-20-14-9-8-12(16)11-15(14)21(18,19)17-13-6-4-3-5-7-13/h8-9,11,13,17H,2-7,10H2,1H3. The summed E-state index contributed by atoms with van der Waals surface area (Å²) in [5, 5.41) is 0. The zero-order chi connectivity index (χ0) is 15.3. The second-order valence-corrected chi connectivity index (χ2v) is 7.99. The summed E-state index contributed by atoms with van der Waals surface area (Å²) in [6.07, 6.45) is 6.04. The van der Waals surface area contributed by atoms with E-state index in [1.807, 2.05) is 6.92 Å². The van der Waals surface area contributed by atoms with Crippen molar-refractivity contribution in [1.82, 2.24) is 4.72 Å². The van der Waals surface area contributed by atoms with Gasteiger partial charge in [0.05, 0.1) is 6.61 Å². The Balaban J connectivity index is 2.22. The second kappa shape index (κ2) is 7.61. The highest BCUT2D eigenvalue weighted by molar-refractivity contribution is 9.10. The summed E-state index contributed by atoms with van der Waals surface area (Å²) >= 11 is 3.33. The SMILES string of the molecule is CCCOc1ccc(Br)cc1S(=O)(=O)NC1CCCCC1. The van der Waals surface area contributed by atoms with E-state index in [2.05, 4.69) is 20.7 Å². The van der Waals surface area contributed by atoms with E-state index < -0.39 is 10.0 Å². The van der Waals surface area contributed by atoms with Gasteiger partial charge < -0.3 is 4.74 Å². The molecule has 1 aliphatic rings. The van der Waals surface area contributed by atoms with Gasteiger partial charge in [-0.3, -0.25) is 0 Å². The Hall–Kier alpha value is -0.590. The van der Waals surface area contributed by atoms with E-state index in [-0.39, 0.29) is 10.9 Å². The molecule has 0 unspecified atom stereocenters. The molecule has 0 radical (unpaired) electrons. The van der Waals surface area contributed by atoms with Crippen LogP contribution in [-0.4, -0.2) is 21.1 Å². The number of rotatable bonds is 6. The van der Waals surface area contributed by atoms with Gasteiger partial charge in [-0.25, -0.2) is 13.1 Å². The minimum Gasteiger partial charge on any atom is -0.492 e. The zero-order valence-electron chi connectivity index (χ0n) is 12.3. The Morgan fingerprint density at radius 1 is 1.29 bits per heavy atom. The van der Waals surface area contributed by atoms with E-state index in [9.17, 15) is 8.42 Å². The quantitative estimate of drug-likeness (QED) is 0.821. The van der Waals surface area contributed by atoms with Gasteiger partial charge in [0, 0.05) is 10.5 Å². The Kier molecular flexibility index (Phi) is 6.08. The maximum atomic E-state index is 12.6. The van der Waals surface area contributed by atoms with Crippen molar-refractivity contribution in [3.8, 4) is 5.75 Å². The molecular formula is C15H22BrNO3S. The molecule has 1 saturated carbocycles. The fourth-order valence-corrected chi connectivity index (χ4v) is 4.51. The third-order valence-corrected chi connectivity index (χ3v) is 5.62. The monoisotopic (exact) mass is 375 g/mol. The van der Waals surface area contributed by atoms with Crippen LogP contribution >= 0.6 is 15.9 Å². The lowest BCUT2D eigenvalue weighted by Crippen LogP contribution is -2.36. The first-order valence-electron chi connectivity index (χ1n) is 7.47. The molecule has 0 saturated heterocycles. The molecule has 0 bridgehead atoms. The van der Waals surface area contributed by atoms with Crippen molar-refractivity contribution in [3.05, 3.63) is 22.7 Å². The van der Waals surface area contributed by atoms with Gasteiger partial charge >= 0.3 is 0 Å². The lowest BCUT2D eigenvalue weighted by Gasteiger charge is -2.23. The molecule has 6 heteroatoms. The summed E-state index contributed by atoms with van der Waals surface area (Å²) in [6, 6.07) is 5.15. The Morgan fingerprint density at radius 3 is 2.67 bits per heavy atom. The molecular weight excluding hydrogens is 354 g/mol. The van der Waals surface area contributed by atoms with Gasteiger partial charge in [0.25, 0.3) is 0 Å². The Morgan fingerprint density at radius 2 is 2.00 bits per heavy atom. The zero-order valence-corrected chi connectivity index (χ0v) is 14.7. The highest BCUT2D eigenvalue weighted by atomic mass is 79.9. The Bertz CT molecular complexity index is 568. The first kappa shape index (κ1) is 16.8. The molecule has 0 aliphatic heterocycles. The van der Waals surface area contributed by atoms with Crippen molar-refractivity contribution in [2.24, 2.45) is 0 Å². The maximum absolute atomic E-state index is 12.6. The van der Waals surface area contributed by atoms with Gasteiger partial charge in [0.1, 0.15) is 10.6 Å². The van der Waals surface area contributed by atoms with Crippen molar-refractivity contribution >= 4 is 26.0 Å². The van der Waals surface area contributed by atoms with E-state index in [4.69, 9.17) is 4.74 Å². The average molecular weight is 376 g/mol. The Labute approximate surface area is 135 Å². The number of sulfonamides is 1. The van der Waals surface area contributed by atoms with Crippen LogP contribution in [0.5, 0.6) is 5.75 Å². The van der Waals surface area contributed by atoms with Gasteiger partial charge in [0.2, 0.25) is 10.0 Å². The smallest absolute Gasteiger partial charge is 0.244 e. The predicted octanol–water partition coefficient (Wildman–Crippen LogP) is 3.85. The van der Waals surface area contributed by atoms with E-state index in [0.717, 1.165) is 36.6 Å². The summed E-state index contributed by atoms with van der Waals surface area (Å²) < 4.78 is 34.4. The lowest BCUT2D eigenvalue weighted by molar-refractivity contribution is 0.308. The summed E-state index contributed by atoms with van der Waals surface area (Å²) in [5.74, 6) is 0.420. The molecule has 1 aromatic rings. The first-order valence-corrected chi connectivity index (χ1v) is 9.75. The summed E-state index contributed by atoms with van der Waals surface area (Å²) in [5.41, 5.74) is 0. The van der Waals surface area contributed by atoms with Crippen LogP contribution in [0, 0.1) is 0 Å². The maximum Gasteiger partial charge on any atom is 0.244 e. The molecule has 0 spiro atoms. The molecule has 0 amide bonds. The van der Waals surface area contributed by atoms with Crippen LogP contribution < -0.4 is 9.46 Å².